The smallest absolute Gasteiger partial charge is 0.370 e. The second-order valence-corrected chi connectivity index (χ2v) is 9.24. The summed E-state index contributed by atoms with van der Waals surface area (Å²) in [5.41, 5.74) is 5.89. The number of alkyl halides is 3. The number of halogens is 3. The van der Waals surface area contributed by atoms with Crippen LogP contribution in [0.25, 0.3) is 0 Å². The van der Waals surface area contributed by atoms with Gasteiger partial charge in [0.1, 0.15) is 0 Å². The van der Waals surface area contributed by atoms with Crippen molar-refractivity contribution in [3.05, 3.63) is 47.3 Å². The van der Waals surface area contributed by atoms with E-state index >= 15 is 0 Å². The van der Waals surface area contributed by atoms with E-state index in [0.717, 1.165) is 45.1 Å². The van der Waals surface area contributed by atoms with Crippen molar-refractivity contribution in [3.8, 4) is 6.07 Å². The number of rotatable bonds is 6. The van der Waals surface area contributed by atoms with E-state index in [4.69, 9.17) is 11.0 Å². The molecule has 1 aromatic heterocycles. The Bertz CT molecular complexity index is 1070. The predicted octanol–water partition coefficient (Wildman–Crippen LogP) is 3.24. The third-order valence-electron chi connectivity index (χ3n) is 7.18. The number of piperidine rings is 1. The van der Waals surface area contributed by atoms with Crippen LogP contribution in [0.15, 0.2) is 30.6 Å². The van der Waals surface area contributed by atoms with Crippen molar-refractivity contribution < 1.29 is 18.0 Å². The molecule has 34 heavy (non-hydrogen) atoms. The summed E-state index contributed by atoms with van der Waals surface area (Å²) in [7, 11) is 0. The molecule has 0 aliphatic carbocycles. The fourth-order valence-corrected chi connectivity index (χ4v) is 5.34. The van der Waals surface area contributed by atoms with Crippen molar-refractivity contribution >= 4 is 11.6 Å². The van der Waals surface area contributed by atoms with E-state index in [1.807, 2.05) is 22.7 Å². The molecule has 1 amide bonds. The van der Waals surface area contributed by atoms with E-state index in [-0.39, 0.29) is 11.8 Å². The number of carbonyl (C=O) groups excluding carboxylic acids is 1. The van der Waals surface area contributed by atoms with Gasteiger partial charge in [-0.05, 0) is 62.9 Å². The van der Waals surface area contributed by atoms with E-state index in [1.165, 1.54) is 17.7 Å². The summed E-state index contributed by atoms with van der Waals surface area (Å²) < 4.78 is 42.2. The molecule has 1 aromatic carbocycles. The summed E-state index contributed by atoms with van der Waals surface area (Å²) >= 11 is 0. The van der Waals surface area contributed by atoms with Gasteiger partial charge in [0.15, 0.2) is 0 Å². The third kappa shape index (κ3) is 5.04. The lowest BCUT2D eigenvalue weighted by atomic mass is 9.78. The average Bonchev–Trinajstić information content (AvgIpc) is 3.46. The van der Waals surface area contributed by atoms with Crippen LogP contribution in [-0.2, 0) is 24.1 Å². The highest BCUT2D eigenvalue weighted by Gasteiger charge is 2.42. The number of hydrogen-bond acceptors (Lipinski definition) is 5. The van der Waals surface area contributed by atoms with Crippen molar-refractivity contribution in [2.45, 2.75) is 39.0 Å². The third-order valence-corrected chi connectivity index (χ3v) is 7.18. The lowest BCUT2D eigenvalue weighted by Gasteiger charge is -2.36. The zero-order valence-corrected chi connectivity index (χ0v) is 19.1. The maximum Gasteiger partial charge on any atom is 0.417 e. The molecule has 0 unspecified atom stereocenters. The number of nitrogens with two attached hydrogens (primary N) is 1. The number of hydrogen-bond donors (Lipinski definition) is 1. The highest BCUT2D eigenvalue weighted by Crippen LogP contribution is 2.40. The van der Waals surface area contributed by atoms with Crippen LogP contribution < -0.4 is 10.6 Å². The van der Waals surface area contributed by atoms with Gasteiger partial charge in [-0.3, -0.25) is 14.4 Å². The van der Waals surface area contributed by atoms with Crippen molar-refractivity contribution in [3.63, 3.8) is 0 Å². The number of primary amides is 1. The number of anilines is 1. The Labute approximate surface area is 196 Å². The van der Waals surface area contributed by atoms with Gasteiger partial charge in [0.25, 0.3) is 0 Å². The molecule has 182 valence electrons. The minimum atomic E-state index is -4.62. The number of carbonyl (C=O) groups is 1. The molecule has 0 saturated carbocycles. The van der Waals surface area contributed by atoms with Crippen LogP contribution in [0.2, 0.25) is 0 Å². The van der Waals surface area contributed by atoms with Crippen LogP contribution in [0, 0.1) is 29.1 Å². The molecule has 0 radical (unpaired) electrons. The first-order valence-electron chi connectivity index (χ1n) is 11.6. The summed E-state index contributed by atoms with van der Waals surface area (Å²) in [6.45, 7) is 6.25. The first kappa shape index (κ1) is 24.1. The van der Waals surface area contributed by atoms with Gasteiger partial charge in [-0.25, -0.2) is 0 Å². The molecule has 0 spiro atoms. The molecule has 2 N–H and O–H groups in total. The first-order valence-corrected chi connectivity index (χ1v) is 11.6. The van der Waals surface area contributed by atoms with E-state index < -0.39 is 29.1 Å². The predicted molar refractivity (Wildman–Crippen MR) is 120 cm³/mol. The SMILES string of the molecule is CCn1cc(CN2CCC([C@@H]3CN(c4ccc(C#N)c(C(F)(F)F)c4)C[C@H]3C(N)=O)CC2)cn1. The Hall–Kier alpha value is -3.06. The van der Waals surface area contributed by atoms with Crippen LogP contribution in [-0.4, -0.2) is 46.8 Å². The molecule has 0 bridgehead atoms. The lowest BCUT2D eigenvalue weighted by Crippen LogP contribution is -2.40. The van der Waals surface area contributed by atoms with Gasteiger partial charge in [-0.15, -0.1) is 0 Å². The molecular weight excluding hydrogens is 445 g/mol. The summed E-state index contributed by atoms with van der Waals surface area (Å²) in [6.07, 6.45) is 1.14. The topological polar surface area (TPSA) is 91.2 Å². The number of nitriles is 1. The standard InChI is InChI=1S/C24H29F3N6O/c1-2-33-13-16(11-30-33)12-31-7-5-17(6-8-31)20-14-32(15-21(20)23(29)34)19-4-3-18(10-28)22(9-19)24(25,26)27/h3-4,9,11,13,17,20-21H,2,5-8,12,14-15H2,1H3,(H2,29,34)/t20-,21+/m0/s1. The van der Waals surface area contributed by atoms with Gasteiger partial charge in [0.2, 0.25) is 5.91 Å². The minimum Gasteiger partial charge on any atom is -0.370 e. The highest BCUT2D eigenvalue weighted by molar-refractivity contribution is 5.79. The van der Waals surface area contributed by atoms with Gasteiger partial charge in [-0.2, -0.15) is 23.5 Å². The Balaban J connectivity index is 1.44. The maximum absolute atomic E-state index is 13.4. The van der Waals surface area contributed by atoms with E-state index in [1.54, 1.807) is 6.07 Å². The maximum atomic E-state index is 13.4. The fraction of sp³-hybridized carbons (Fsp3) is 0.542. The minimum absolute atomic E-state index is 0.00697. The molecule has 2 fully saturated rings. The van der Waals surface area contributed by atoms with Crippen LogP contribution in [0.3, 0.4) is 0 Å². The Kier molecular flexibility index (Phi) is 6.84. The molecule has 10 heteroatoms. The summed E-state index contributed by atoms with van der Waals surface area (Å²) in [4.78, 5) is 16.4. The average molecular weight is 475 g/mol. The van der Waals surface area contributed by atoms with E-state index in [9.17, 15) is 18.0 Å². The normalized spacial score (nSPS) is 22.1. The van der Waals surface area contributed by atoms with Gasteiger partial charge in [0, 0.05) is 43.6 Å². The van der Waals surface area contributed by atoms with Crippen molar-refractivity contribution in [2.75, 3.05) is 31.1 Å². The molecule has 7 nitrogen and oxygen atoms in total. The monoisotopic (exact) mass is 474 g/mol. The van der Waals surface area contributed by atoms with Crippen molar-refractivity contribution in [1.29, 1.82) is 5.26 Å². The molecule has 2 aromatic rings. The Morgan fingerprint density at radius 2 is 2.00 bits per heavy atom. The zero-order chi connectivity index (χ0) is 24.5. The van der Waals surface area contributed by atoms with Gasteiger partial charge in [0.05, 0.1) is 29.3 Å². The summed E-state index contributed by atoms with van der Waals surface area (Å²) in [6, 6.07) is 5.34. The second kappa shape index (κ2) is 9.66. The molecule has 4 rings (SSSR count). The van der Waals surface area contributed by atoms with E-state index in [0.29, 0.717) is 18.8 Å². The summed E-state index contributed by atoms with van der Waals surface area (Å²) in [5.74, 6) is -0.555. The van der Waals surface area contributed by atoms with Crippen molar-refractivity contribution in [2.24, 2.45) is 23.5 Å². The van der Waals surface area contributed by atoms with E-state index in [2.05, 4.69) is 16.2 Å². The van der Waals surface area contributed by atoms with Gasteiger partial charge in [-0.1, -0.05) is 0 Å². The highest BCUT2D eigenvalue weighted by atomic mass is 19.4. The number of nitrogens with zero attached hydrogens (tertiary/aromatic N) is 5. The molecule has 2 aliphatic heterocycles. The zero-order valence-electron chi connectivity index (χ0n) is 19.1. The molecular formula is C24H29F3N6O. The Morgan fingerprint density at radius 1 is 1.26 bits per heavy atom. The Morgan fingerprint density at radius 3 is 2.59 bits per heavy atom. The number of aryl methyl sites for hydroxylation is 1. The molecule has 2 aliphatic rings. The van der Waals surface area contributed by atoms with Crippen molar-refractivity contribution in [1.82, 2.24) is 14.7 Å². The molecule has 3 heterocycles. The number of likely N-dealkylation sites (tertiary alicyclic amines) is 1. The second-order valence-electron chi connectivity index (χ2n) is 9.24. The van der Waals surface area contributed by atoms with Gasteiger partial charge >= 0.3 is 6.18 Å². The van der Waals surface area contributed by atoms with Crippen LogP contribution in [0.1, 0.15) is 36.5 Å². The number of aromatic nitrogens is 2. The van der Waals surface area contributed by atoms with Crippen LogP contribution in [0.5, 0.6) is 0 Å². The molecule has 2 atom stereocenters. The number of amides is 1. The van der Waals surface area contributed by atoms with Crippen LogP contribution in [0.4, 0.5) is 18.9 Å². The van der Waals surface area contributed by atoms with Crippen LogP contribution >= 0.6 is 0 Å². The first-order chi connectivity index (χ1) is 16.2. The summed E-state index contributed by atoms with van der Waals surface area (Å²) in [5, 5.41) is 13.4. The fourth-order valence-electron chi connectivity index (χ4n) is 5.34. The van der Waals surface area contributed by atoms with Gasteiger partial charge < -0.3 is 10.6 Å². The molecule has 2 saturated heterocycles. The number of benzene rings is 1. The quantitative estimate of drug-likeness (QED) is 0.694. The largest absolute Gasteiger partial charge is 0.417 e. The lowest BCUT2D eigenvalue weighted by molar-refractivity contribution is -0.137.